The number of nitriles is 1. The van der Waals surface area contributed by atoms with Crippen molar-refractivity contribution in [2.75, 3.05) is 18.5 Å². The third-order valence-corrected chi connectivity index (χ3v) is 3.49. The van der Waals surface area contributed by atoms with E-state index in [-0.39, 0.29) is 30.0 Å². The molecule has 0 spiro atoms. The van der Waals surface area contributed by atoms with Crippen LogP contribution >= 0.6 is 0 Å². The predicted octanol–water partition coefficient (Wildman–Crippen LogP) is 3.16. The van der Waals surface area contributed by atoms with Gasteiger partial charge in [-0.05, 0) is 56.3 Å². The van der Waals surface area contributed by atoms with E-state index in [0.717, 1.165) is 0 Å². The summed E-state index contributed by atoms with van der Waals surface area (Å²) in [5.74, 6) is -1.68. The van der Waals surface area contributed by atoms with Gasteiger partial charge in [-0.1, -0.05) is 0 Å². The molecule has 0 atom stereocenters. The molecule has 0 radical (unpaired) electrons. The fourth-order valence-electron chi connectivity index (χ4n) is 2.26. The Bertz CT molecular complexity index is 861. The van der Waals surface area contributed by atoms with E-state index in [1.165, 1.54) is 42.5 Å². The van der Waals surface area contributed by atoms with E-state index in [1.54, 1.807) is 13.8 Å². The molecule has 0 heterocycles. The number of amides is 1. The number of hydrogen-bond acceptors (Lipinski definition) is 6. The van der Waals surface area contributed by atoms with Gasteiger partial charge < -0.3 is 14.8 Å². The molecule has 0 bridgehead atoms. The molecular formula is C20H18N2O5. The van der Waals surface area contributed by atoms with Crippen LogP contribution < -0.4 is 5.32 Å². The zero-order valence-corrected chi connectivity index (χ0v) is 14.9. The smallest absolute Gasteiger partial charge is 0.338 e. The maximum atomic E-state index is 12.4. The molecule has 0 aliphatic heterocycles. The van der Waals surface area contributed by atoms with Gasteiger partial charge >= 0.3 is 11.9 Å². The first kappa shape index (κ1) is 19.7. The highest BCUT2D eigenvalue weighted by Crippen LogP contribution is 2.18. The van der Waals surface area contributed by atoms with Gasteiger partial charge in [-0.25, -0.2) is 9.59 Å². The van der Waals surface area contributed by atoms with Crippen LogP contribution in [0.15, 0.2) is 42.5 Å². The van der Waals surface area contributed by atoms with Crippen molar-refractivity contribution in [1.82, 2.24) is 0 Å². The molecule has 2 rings (SSSR count). The highest BCUT2D eigenvalue weighted by molar-refractivity contribution is 6.06. The minimum atomic E-state index is -0.613. The zero-order valence-electron chi connectivity index (χ0n) is 14.9. The molecule has 1 N–H and O–H groups in total. The van der Waals surface area contributed by atoms with Crippen molar-refractivity contribution in [2.45, 2.75) is 13.8 Å². The number of nitrogens with one attached hydrogen (secondary N) is 1. The van der Waals surface area contributed by atoms with E-state index in [4.69, 9.17) is 14.7 Å². The van der Waals surface area contributed by atoms with Crippen LogP contribution in [0.4, 0.5) is 5.69 Å². The highest BCUT2D eigenvalue weighted by Gasteiger charge is 2.16. The van der Waals surface area contributed by atoms with E-state index in [0.29, 0.717) is 11.1 Å². The summed E-state index contributed by atoms with van der Waals surface area (Å²) in [6.45, 7) is 3.69. The number of benzene rings is 2. The number of carbonyl (C=O) groups excluding carboxylic acids is 3. The molecule has 2 aromatic rings. The van der Waals surface area contributed by atoms with Gasteiger partial charge in [0.2, 0.25) is 0 Å². The Kier molecular flexibility index (Phi) is 6.67. The summed E-state index contributed by atoms with van der Waals surface area (Å²) in [4.78, 5) is 36.5. The average Bonchev–Trinajstić information content (AvgIpc) is 2.68. The van der Waals surface area contributed by atoms with Gasteiger partial charge in [-0.2, -0.15) is 5.26 Å². The van der Waals surface area contributed by atoms with Crippen LogP contribution in [0.3, 0.4) is 0 Å². The molecule has 27 heavy (non-hydrogen) atoms. The molecule has 0 fully saturated rings. The van der Waals surface area contributed by atoms with Crippen LogP contribution in [0, 0.1) is 11.3 Å². The normalized spacial score (nSPS) is 9.81. The lowest BCUT2D eigenvalue weighted by molar-refractivity contribution is 0.0525. The van der Waals surface area contributed by atoms with E-state index >= 15 is 0 Å². The van der Waals surface area contributed by atoms with E-state index in [2.05, 4.69) is 5.32 Å². The molecule has 0 aliphatic carbocycles. The summed E-state index contributed by atoms with van der Waals surface area (Å²) in [5.41, 5.74) is 1.25. The molecule has 2 aromatic carbocycles. The van der Waals surface area contributed by atoms with Gasteiger partial charge in [0.05, 0.1) is 36.0 Å². The van der Waals surface area contributed by atoms with Gasteiger partial charge in [-0.3, -0.25) is 4.79 Å². The van der Waals surface area contributed by atoms with Crippen LogP contribution in [0.1, 0.15) is 50.5 Å². The molecule has 0 saturated carbocycles. The molecular weight excluding hydrogens is 348 g/mol. The Balaban J connectivity index is 2.32. The lowest BCUT2D eigenvalue weighted by Crippen LogP contribution is -2.15. The first-order chi connectivity index (χ1) is 13.0. The average molecular weight is 366 g/mol. The van der Waals surface area contributed by atoms with Crippen molar-refractivity contribution in [3.63, 3.8) is 0 Å². The van der Waals surface area contributed by atoms with Crippen molar-refractivity contribution >= 4 is 23.5 Å². The quantitative estimate of drug-likeness (QED) is 0.787. The minimum absolute atomic E-state index is 0.123. The Labute approximate surface area is 156 Å². The van der Waals surface area contributed by atoms with Gasteiger partial charge in [0.25, 0.3) is 5.91 Å². The summed E-state index contributed by atoms with van der Waals surface area (Å²) >= 11 is 0. The Morgan fingerprint density at radius 2 is 1.41 bits per heavy atom. The largest absolute Gasteiger partial charge is 0.462 e. The van der Waals surface area contributed by atoms with Crippen molar-refractivity contribution in [2.24, 2.45) is 0 Å². The molecule has 7 heteroatoms. The second-order valence-electron chi connectivity index (χ2n) is 5.38. The maximum absolute atomic E-state index is 12.4. The summed E-state index contributed by atoms with van der Waals surface area (Å²) < 4.78 is 9.92. The second kappa shape index (κ2) is 9.15. The molecule has 138 valence electrons. The van der Waals surface area contributed by atoms with Gasteiger partial charge in [0.15, 0.2) is 0 Å². The van der Waals surface area contributed by atoms with Gasteiger partial charge in [0.1, 0.15) is 0 Å². The molecule has 0 unspecified atom stereocenters. The van der Waals surface area contributed by atoms with E-state index < -0.39 is 17.8 Å². The fraction of sp³-hybridized carbons (Fsp3) is 0.200. The molecule has 7 nitrogen and oxygen atoms in total. The topological polar surface area (TPSA) is 105 Å². The minimum Gasteiger partial charge on any atom is -0.462 e. The standard InChI is InChI=1S/C20H18N2O5/c1-3-26-19(24)15-9-16(20(25)27-4-2)11-17(10-15)22-18(23)14-7-5-13(12-21)6-8-14/h5-11H,3-4H2,1-2H3,(H,22,23). The first-order valence-corrected chi connectivity index (χ1v) is 8.29. The number of anilines is 1. The Hall–Kier alpha value is -3.66. The van der Waals surface area contributed by atoms with Crippen LogP contribution in [-0.2, 0) is 9.47 Å². The number of ether oxygens (including phenoxy) is 2. The summed E-state index contributed by atoms with van der Waals surface area (Å²) in [7, 11) is 0. The second-order valence-corrected chi connectivity index (χ2v) is 5.38. The summed E-state index contributed by atoms with van der Waals surface area (Å²) in [6.07, 6.45) is 0. The van der Waals surface area contributed by atoms with Gasteiger partial charge in [-0.15, -0.1) is 0 Å². The van der Waals surface area contributed by atoms with Crippen LogP contribution in [-0.4, -0.2) is 31.1 Å². The zero-order chi connectivity index (χ0) is 19.8. The Morgan fingerprint density at radius 3 is 1.85 bits per heavy atom. The lowest BCUT2D eigenvalue weighted by atomic mass is 10.1. The van der Waals surface area contributed by atoms with Crippen molar-refractivity contribution in [3.05, 3.63) is 64.7 Å². The lowest BCUT2D eigenvalue weighted by Gasteiger charge is -2.10. The molecule has 1 amide bonds. The summed E-state index contributed by atoms with van der Waals surface area (Å²) in [5, 5.41) is 11.4. The Morgan fingerprint density at radius 1 is 0.889 bits per heavy atom. The third-order valence-electron chi connectivity index (χ3n) is 3.49. The number of hydrogen-bond donors (Lipinski definition) is 1. The summed E-state index contributed by atoms with van der Waals surface area (Å²) in [6, 6.07) is 12.2. The molecule has 0 aliphatic rings. The predicted molar refractivity (Wildman–Crippen MR) is 97.5 cm³/mol. The first-order valence-electron chi connectivity index (χ1n) is 8.29. The van der Waals surface area contributed by atoms with Crippen molar-refractivity contribution in [3.8, 4) is 6.07 Å². The van der Waals surface area contributed by atoms with Crippen LogP contribution in [0.5, 0.6) is 0 Å². The molecule has 0 saturated heterocycles. The number of rotatable bonds is 6. The number of nitrogens with zero attached hydrogens (tertiary/aromatic N) is 1. The van der Waals surface area contributed by atoms with Crippen molar-refractivity contribution < 1.29 is 23.9 Å². The number of carbonyl (C=O) groups is 3. The third kappa shape index (κ3) is 5.16. The van der Waals surface area contributed by atoms with Gasteiger partial charge in [0, 0.05) is 11.3 Å². The van der Waals surface area contributed by atoms with E-state index in [9.17, 15) is 14.4 Å². The van der Waals surface area contributed by atoms with Crippen molar-refractivity contribution in [1.29, 1.82) is 5.26 Å². The highest BCUT2D eigenvalue weighted by atomic mass is 16.5. The van der Waals surface area contributed by atoms with Crippen LogP contribution in [0.2, 0.25) is 0 Å². The van der Waals surface area contributed by atoms with Crippen LogP contribution in [0.25, 0.3) is 0 Å². The monoisotopic (exact) mass is 366 g/mol. The maximum Gasteiger partial charge on any atom is 0.338 e. The fourth-order valence-corrected chi connectivity index (χ4v) is 2.26. The number of esters is 2. The molecule has 0 aromatic heterocycles. The van der Waals surface area contributed by atoms with E-state index in [1.807, 2.05) is 6.07 Å². The SMILES string of the molecule is CCOC(=O)c1cc(NC(=O)c2ccc(C#N)cc2)cc(C(=O)OCC)c1.